The van der Waals surface area contributed by atoms with E-state index in [-0.39, 0.29) is 23.2 Å². The van der Waals surface area contributed by atoms with Crippen LogP contribution in [-0.2, 0) is 16.6 Å². The molecule has 2 rings (SSSR count). The van der Waals surface area contributed by atoms with Gasteiger partial charge in [0.1, 0.15) is 6.26 Å². The number of aromatic nitrogens is 3. The molecule has 3 N–H and O–H groups in total. The van der Waals surface area contributed by atoms with Crippen LogP contribution in [0.5, 0.6) is 0 Å². The summed E-state index contributed by atoms with van der Waals surface area (Å²) in [4.78, 5) is 12.1. The minimum atomic E-state index is -3.72. The number of rotatable bonds is 6. The molecule has 2 aromatic heterocycles. The van der Waals surface area contributed by atoms with E-state index in [1.165, 1.54) is 7.05 Å². The third-order valence-electron chi connectivity index (χ3n) is 3.07. The maximum Gasteiger partial charge on any atom is 0.273 e. The molecule has 0 spiro atoms. The molecule has 23 heavy (non-hydrogen) atoms. The van der Waals surface area contributed by atoms with Crippen LogP contribution in [0.1, 0.15) is 36.1 Å². The Morgan fingerprint density at radius 3 is 2.83 bits per heavy atom. The first kappa shape index (κ1) is 17.4. The summed E-state index contributed by atoms with van der Waals surface area (Å²) in [6, 6.07) is 1.25. The Morgan fingerprint density at radius 1 is 1.52 bits per heavy atom. The Morgan fingerprint density at radius 2 is 2.22 bits per heavy atom. The van der Waals surface area contributed by atoms with E-state index in [0.717, 1.165) is 12.3 Å². The van der Waals surface area contributed by atoms with Gasteiger partial charge >= 0.3 is 0 Å². The maximum absolute atomic E-state index is 12.1. The van der Waals surface area contributed by atoms with Gasteiger partial charge < -0.3 is 14.3 Å². The molecule has 2 aromatic rings. The van der Waals surface area contributed by atoms with Crippen LogP contribution in [0.25, 0.3) is 0 Å². The third kappa shape index (κ3) is 3.68. The third-order valence-corrected chi connectivity index (χ3v) is 4.64. The van der Waals surface area contributed by atoms with Gasteiger partial charge in [0.15, 0.2) is 10.6 Å². The Hall–Kier alpha value is -1.98. The molecular weight excluding hydrogens is 342 g/mol. The van der Waals surface area contributed by atoms with Crippen molar-refractivity contribution in [3.05, 3.63) is 28.5 Å². The summed E-state index contributed by atoms with van der Waals surface area (Å²) in [5, 5.41) is 9.05. The normalized spacial score (nSPS) is 11.8. The highest BCUT2D eigenvalue weighted by atomic mass is 32.2. The quantitative estimate of drug-likeness (QED) is 0.660. The zero-order chi connectivity index (χ0) is 17.2. The number of aromatic amines is 1. The van der Waals surface area contributed by atoms with E-state index < -0.39 is 15.9 Å². The van der Waals surface area contributed by atoms with Gasteiger partial charge in [0.05, 0.1) is 12.1 Å². The Labute approximate surface area is 138 Å². The van der Waals surface area contributed by atoms with Gasteiger partial charge in [0, 0.05) is 12.1 Å². The summed E-state index contributed by atoms with van der Waals surface area (Å²) >= 11 is 5.12. The lowest BCUT2D eigenvalue weighted by molar-refractivity contribution is 0.0948. The van der Waals surface area contributed by atoms with Gasteiger partial charge in [-0.2, -0.15) is 5.10 Å². The number of nitrogens with one attached hydrogen (secondary N) is 3. The maximum atomic E-state index is 12.1. The fraction of sp³-hybridized carbons (Fsp3) is 0.417. The van der Waals surface area contributed by atoms with Crippen LogP contribution in [0.3, 0.4) is 0 Å². The van der Waals surface area contributed by atoms with Crippen LogP contribution >= 0.6 is 12.2 Å². The molecule has 0 atom stereocenters. The molecule has 11 heteroatoms. The van der Waals surface area contributed by atoms with Gasteiger partial charge in [0.2, 0.25) is 5.09 Å². The second-order valence-corrected chi connectivity index (χ2v) is 7.16. The SMILES string of the molecule is CNS(=O)(=O)c1cc(C(=O)NCc2n[nH]c(=S)n2C(C)C)co1. The highest BCUT2D eigenvalue weighted by Crippen LogP contribution is 2.14. The van der Waals surface area contributed by atoms with E-state index in [1.807, 2.05) is 13.8 Å². The van der Waals surface area contributed by atoms with Crippen LogP contribution in [0, 0.1) is 4.77 Å². The topological polar surface area (TPSA) is 122 Å². The zero-order valence-corrected chi connectivity index (χ0v) is 14.4. The predicted octanol–water partition coefficient (Wildman–Crippen LogP) is 0.953. The highest BCUT2D eigenvalue weighted by Gasteiger charge is 2.19. The zero-order valence-electron chi connectivity index (χ0n) is 12.8. The number of hydrogen-bond donors (Lipinski definition) is 3. The molecule has 0 aliphatic rings. The van der Waals surface area contributed by atoms with Crippen molar-refractivity contribution in [1.29, 1.82) is 0 Å². The molecule has 0 fully saturated rings. The van der Waals surface area contributed by atoms with Crippen molar-refractivity contribution in [1.82, 2.24) is 24.8 Å². The molecule has 0 aliphatic heterocycles. The van der Waals surface area contributed by atoms with Crippen molar-refractivity contribution in [3.63, 3.8) is 0 Å². The summed E-state index contributed by atoms with van der Waals surface area (Å²) in [5.41, 5.74) is 0.101. The highest BCUT2D eigenvalue weighted by molar-refractivity contribution is 7.89. The first-order valence-electron chi connectivity index (χ1n) is 6.72. The molecule has 0 aromatic carbocycles. The fourth-order valence-electron chi connectivity index (χ4n) is 1.93. The van der Waals surface area contributed by atoms with Crippen LogP contribution in [0.2, 0.25) is 0 Å². The number of nitrogens with zero attached hydrogens (tertiary/aromatic N) is 2. The molecule has 0 saturated heterocycles. The molecule has 0 aliphatic carbocycles. The van der Waals surface area contributed by atoms with Crippen LogP contribution in [0.4, 0.5) is 0 Å². The smallest absolute Gasteiger partial charge is 0.273 e. The molecule has 0 bridgehead atoms. The number of carbonyl (C=O) groups is 1. The van der Waals surface area contributed by atoms with Crippen molar-refractivity contribution in [2.45, 2.75) is 31.5 Å². The molecule has 0 unspecified atom stereocenters. The summed E-state index contributed by atoms with van der Waals surface area (Å²) in [6.07, 6.45) is 1.08. The van der Waals surface area contributed by atoms with E-state index in [4.69, 9.17) is 16.6 Å². The average molecular weight is 359 g/mol. The van der Waals surface area contributed by atoms with Gasteiger partial charge in [-0.25, -0.2) is 13.1 Å². The first-order valence-corrected chi connectivity index (χ1v) is 8.61. The van der Waals surface area contributed by atoms with Crippen LogP contribution < -0.4 is 10.0 Å². The standard InChI is InChI=1S/C12H17N5O4S2/c1-7(2)17-9(15-16-12(17)22)5-14-11(18)8-4-10(21-6-8)23(19,20)13-3/h4,6-7,13H,5H2,1-3H3,(H,14,18)(H,16,22). The van der Waals surface area contributed by atoms with Crippen LogP contribution in [-0.4, -0.2) is 36.1 Å². The van der Waals surface area contributed by atoms with Crippen molar-refractivity contribution in [2.75, 3.05) is 7.05 Å². The minimum absolute atomic E-state index is 0.0921. The molecule has 126 valence electrons. The van der Waals surface area contributed by atoms with Gasteiger partial charge in [-0.15, -0.1) is 0 Å². The molecule has 1 amide bonds. The number of sulfonamides is 1. The number of amides is 1. The second-order valence-electron chi connectivity index (χ2n) is 4.95. The summed E-state index contributed by atoms with van der Waals surface area (Å²) in [6.45, 7) is 4.03. The summed E-state index contributed by atoms with van der Waals surface area (Å²) < 4.78 is 32.4. The second kappa shape index (κ2) is 6.64. The van der Waals surface area contributed by atoms with E-state index >= 15 is 0 Å². The Bertz CT molecular complexity index is 862. The van der Waals surface area contributed by atoms with E-state index in [0.29, 0.717) is 10.6 Å². The van der Waals surface area contributed by atoms with Crippen molar-refractivity contribution in [2.24, 2.45) is 0 Å². The molecule has 2 heterocycles. The fourth-order valence-corrected chi connectivity index (χ4v) is 2.95. The number of furan rings is 1. The predicted molar refractivity (Wildman–Crippen MR) is 83.9 cm³/mol. The van der Waals surface area contributed by atoms with Crippen molar-refractivity contribution >= 4 is 28.1 Å². The largest absolute Gasteiger partial charge is 0.451 e. The molecule has 9 nitrogen and oxygen atoms in total. The molecule has 0 saturated carbocycles. The van der Waals surface area contributed by atoms with Gasteiger partial charge in [-0.05, 0) is 33.1 Å². The molecular formula is C12H17N5O4S2. The van der Waals surface area contributed by atoms with Crippen molar-refractivity contribution < 1.29 is 17.6 Å². The van der Waals surface area contributed by atoms with Gasteiger partial charge in [-0.3, -0.25) is 9.89 Å². The lowest BCUT2D eigenvalue weighted by Gasteiger charge is -2.10. The lowest BCUT2D eigenvalue weighted by atomic mass is 10.3. The number of hydrogen-bond acceptors (Lipinski definition) is 6. The Balaban J connectivity index is 2.11. The lowest BCUT2D eigenvalue weighted by Crippen LogP contribution is -2.25. The van der Waals surface area contributed by atoms with E-state index in [2.05, 4.69) is 20.2 Å². The Kier molecular flexibility index (Phi) is 5.02. The van der Waals surface area contributed by atoms with Gasteiger partial charge in [-0.1, -0.05) is 0 Å². The van der Waals surface area contributed by atoms with E-state index in [1.54, 1.807) is 4.57 Å². The monoisotopic (exact) mass is 359 g/mol. The average Bonchev–Trinajstić information content (AvgIpc) is 3.11. The van der Waals surface area contributed by atoms with Gasteiger partial charge in [0.25, 0.3) is 15.9 Å². The summed E-state index contributed by atoms with van der Waals surface area (Å²) in [7, 11) is -2.47. The first-order chi connectivity index (χ1) is 10.8. The van der Waals surface area contributed by atoms with E-state index in [9.17, 15) is 13.2 Å². The van der Waals surface area contributed by atoms with Crippen molar-refractivity contribution in [3.8, 4) is 0 Å². The number of carbonyl (C=O) groups excluding carboxylic acids is 1. The van der Waals surface area contributed by atoms with Crippen LogP contribution in [0.15, 0.2) is 21.8 Å². The minimum Gasteiger partial charge on any atom is -0.451 e. The number of H-pyrrole nitrogens is 1. The summed E-state index contributed by atoms with van der Waals surface area (Å²) in [5.74, 6) is 0.0976. The molecule has 0 radical (unpaired) electrons.